The van der Waals surface area contributed by atoms with E-state index in [2.05, 4.69) is 5.32 Å². The molecule has 15 heavy (non-hydrogen) atoms. The molecule has 0 spiro atoms. The number of sulfone groups is 1. The standard InChI is InChI=1S/C9H10ClNO3S/c1-11-9(12)6-3-4-7(10)8(5-6)15(2,13)14/h3-5H,1-2H3,(H,11,12). The van der Waals surface area contributed by atoms with E-state index in [0.29, 0.717) is 0 Å². The fourth-order valence-electron chi connectivity index (χ4n) is 1.07. The second kappa shape index (κ2) is 4.20. The molecule has 1 aromatic rings. The highest BCUT2D eigenvalue weighted by Gasteiger charge is 2.14. The van der Waals surface area contributed by atoms with Crippen molar-refractivity contribution in [3.8, 4) is 0 Å². The number of benzene rings is 1. The minimum Gasteiger partial charge on any atom is -0.355 e. The Bertz CT molecular complexity index is 496. The van der Waals surface area contributed by atoms with Crippen LogP contribution in [0, 0.1) is 0 Å². The summed E-state index contributed by atoms with van der Waals surface area (Å²) in [5, 5.41) is 2.52. The van der Waals surface area contributed by atoms with Crippen molar-refractivity contribution in [1.29, 1.82) is 0 Å². The molecule has 1 N–H and O–H groups in total. The molecule has 1 rings (SSSR count). The maximum Gasteiger partial charge on any atom is 0.251 e. The van der Waals surface area contributed by atoms with Gasteiger partial charge in [-0.2, -0.15) is 0 Å². The molecule has 0 heterocycles. The molecule has 0 aliphatic heterocycles. The molecule has 0 aliphatic rings. The Balaban J connectivity index is 3.36. The SMILES string of the molecule is CNC(=O)c1ccc(Cl)c(S(C)(=O)=O)c1. The number of carbonyl (C=O) groups excluding carboxylic acids is 1. The van der Waals surface area contributed by atoms with Crippen LogP contribution in [0.15, 0.2) is 23.1 Å². The molecule has 0 aromatic heterocycles. The largest absolute Gasteiger partial charge is 0.355 e. The van der Waals surface area contributed by atoms with Gasteiger partial charge >= 0.3 is 0 Å². The number of amides is 1. The lowest BCUT2D eigenvalue weighted by atomic mass is 10.2. The highest BCUT2D eigenvalue weighted by molar-refractivity contribution is 7.90. The molecule has 0 bridgehead atoms. The van der Waals surface area contributed by atoms with Gasteiger partial charge in [-0.25, -0.2) is 8.42 Å². The average molecular weight is 248 g/mol. The van der Waals surface area contributed by atoms with Crippen molar-refractivity contribution < 1.29 is 13.2 Å². The van der Waals surface area contributed by atoms with E-state index in [0.717, 1.165) is 6.26 Å². The third-order valence-electron chi connectivity index (χ3n) is 1.82. The third kappa shape index (κ3) is 2.70. The molecule has 0 radical (unpaired) electrons. The number of nitrogens with one attached hydrogen (secondary N) is 1. The van der Waals surface area contributed by atoms with Gasteiger partial charge in [0.15, 0.2) is 9.84 Å². The van der Waals surface area contributed by atoms with E-state index in [1.165, 1.54) is 25.2 Å². The highest BCUT2D eigenvalue weighted by Crippen LogP contribution is 2.22. The van der Waals surface area contributed by atoms with Crippen molar-refractivity contribution in [2.75, 3.05) is 13.3 Å². The molecular formula is C9H10ClNO3S. The third-order valence-corrected chi connectivity index (χ3v) is 3.40. The Morgan fingerprint density at radius 3 is 2.47 bits per heavy atom. The van der Waals surface area contributed by atoms with Crippen LogP contribution < -0.4 is 5.32 Å². The first kappa shape index (κ1) is 12.0. The second-order valence-corrected chi connectivity index (χ2v) is 5.39. The van der Waals surface area contributed by atoms with Crippen LogP contribution in [0.4, 0.5) is 0 Å². The van der Waals surface area contributed by atoms with E-state index in [9.17, 15) is 13.2 Å². The van der Waals surface area contributed by atoms with E-state index >= 15 is 0 Å². The molecular weight excluding hydrogens is 238 g/mol. The van der Waals surface area contributed by atoms with Crippen LogP contribution in [0.3, 0.4) is 0 Å². The van der Waals surface area contributed by atoms with E-state index in [1.54, 1.807) is 0 Å². The van der Waals surface area contributed by atoms with Gasteiger partial charge in [0, 0.05) is 18.9 Å². The first-order chi connectivity index (χ1) is 6.86. The number of carbonyl (C=O) groups is 1. The molecule has 4 nitrogen and oxygen atoms in total. The number of hydrogen-bond donors (Lipinski definition) is 1. The van der Waals surface area contributed by atoms with Crippen molar-refractivity contribution in [2.24, 2.45) is 0 Å². The van der Waals surface area contributed by atoms with Crippen LogP contribution in [-0.4, -0.2) is 27.6 Å². The molecule has 0 aliphatic carbocycles. The van der Waals surface area contributed by atoms with Crippen LogP contribution in [0.2, 0.25) is 5.02 Å². The van der Waals surface area contributed by atoms with Gasteiger partial charge < -0.3 is 5.32 Å². The zero-order chi connectivity index (χ0) is 11.6. The fourth-order valence-corrected chi connectivity index (χ4v) is 2.37. The van der Waals surface area contributed by atoms with Gasteiger partial charge in [0.1, 0.15) is 0 Å². The number of halogens is 1. The summed E-state index contributed by atoms with van der Waals surface area (Å²) in [4.78, 5) is 11.2. The van der Waals surface area contributed by atoms with Gasteiger partial charge in [-0.15, -0.1) is 0 Å². The summed E-state index contributed by atoms with van der Waals surface area (Å²) in [5.41, 5.74) is 0.266. The van der Waals surface area contributed by atoms with Crippen molar-refractivity contribution in [1.82, 2.24) is 5.32 Å². The fraction of sp³-hybridized carbons (Fsp3) is 0.222. The first-order valence-corrected chi connectivity index (χ1v) is 6.35. The first-order valence-electron chi connectivity index (χ1n) is 4.08. The summed E-state index contributed by atoms with van der Waals surface area (Å²) in [5.74, 6) is -0.350. The summed E-state index contributed by atoms with van der Waals surface area (Å²) in [6.45, 7) is 0. The van der Waals surface area contributed by atoms with Crippen molar-refractivity contribution in [3.05, 3.63) is 28.8 Å². The predicted octanol–water partition coefficient (Wildman–Crippen LogP) is 1.10. The quantitative estimate of drug-likeness (QED) is 0.851. The summed E-state index contributed by atoms with van der Waals surface area (Å²) >= 11 is 5.72. The Kier molecular flexibility index (Phi) is 3.36. The Morgan fingerprint density at radius 2 is 2.00 bits per heavy atom. The molecule has 0 unspecified atom stereocenters. The molecule has 0 saturated heterocycles. The zero-order valence-electron chi connectivity index (χ0n) is 8.24. The maximum absolute atomic E-state index is 11.3. The van der Waals surface area contributed by atoms with Crippen LogP contribution in [0.1, 0.15) is 10.4 Å². The maximum atomic E-state index is 11.3. The van der Waals surface area contributed by atoms with Gasteiger partial charge in [0.05, 0.1) is 9.92 Å². The Labute approximate surface area is 93.2 Å². The van der Waals surface area contributed by atoms with Crippen LogP contribution in [0.5, 0.6) is 0 Å². The van der Waals surface area contributed by atoms with E-state index in [1.807, 2.05) is 0 Å². The summed E-state index contributed by atoms with van der Waals surface area (Å²) < 4.78 is 22.6. The van der Waals surface area contributed by atoms with E-state index in [4.69, 9.17) is 11.6 Å². The Hall–Kier alpha value is -1.07. The van der Waals surface area contributed by atoms with Crippen LogP contribution in [0.25, 0.3) is 0 Å². The molecule has 0 atom stereocenters. The normalized spacial score (nSPS) is 11.1. The van der Waals surface area contributed by atoms with Crippen LogP contribution >= 0.6 is 11.6 Å². The van der Waals surface area contributed by atoms with Crippen molar-refractivity contribution in [2.45, 2.75) is 4.90 Å². The molecule has 82 valence electrons. The lowest BCUT2D eigenvalue weighted by Gasteiger charge is -2.04. The van der Waals surface area contributed by atoms with Gasteiger partial charge in [-0.3, -0.25) is 4.79 Å². The minimum atomic E-state index is -3.41. The van der Waals surface area contributed by atoms with E-state index < -0.39 is 9.84 Å². The van der Waals surface area contributed by atoms with Crippen LogP contribution in [-0.2, 0) is 9.84 Å². The predicted molar refractivity (Wildman–Crippen MR) is 58.0 cm³/mol. The lowest BCUT2D eigenvalue weighted by molar-refractivity contribution is 0.0963. The molecule has 0 fully saturated rings. The Morgan fingerprint density at radius 1 is 1.40 bits per heavy atom. The van der Waals surface area contributed by atoms with Gasteiger partial charge in [-0.05, 0) is 18.2 Å². The van der Waals surface area contributed by atoms with Gasteiger partial charge in [-0.1, -0.05) is 11.6 Å². The summed E-state index contributed by atoms with van der Waals surface area (Å²) in [6.07, 6.45) is 1.04. The monoisotopic (exact) mass is 247 g/mol. The van der Waals surface area contributed by atoms with E-state index in [-0.39, 0.29) is 21.4 Å². The zero-order valence-corrected chi connectivity index (χ0v) is 9.82. The summed E-state index contributed by atoms with van der Waals surface area (Å²) in [7, 11) is -1.94. The molecule has 1 amide bonds. The smallest absolute Gasteiger partial charge is 0.251 e. The average Bonchev–Trinajstić information content (AvgIpc) is 2.15. The molecule has 0 saturated carbocycles. The topological polar surface area (TPSA) is 63.2 Å². The lowest BCUT2D eigenvalue weighted by Crippen LogP contribution is -2.18. The highest BCUT2D eigenvalue weighted by atomic mass is 35.5. The van der Waals surface area contributed by atoms with Crippen molar-refractivity contribution in [3.63, 3.8) is 0 Å². The molecule has 1 aromatic carbocycles. The second-order valence-electron chi connectivity index (χ2n) is 3.00. The molecule has 6 heteroatoms. The summed E-state index contributed by atoms with van der Waals surface area (Å²) in [6, 6.07) is 4.12. The number of rotatable bonds is 2. The number of hydrogen-bond acceptors (Lipinski definition) is 3. The van der Waals surface area contributed by atoms with Crippen molar-refractivity contribution >= 4 is 27.3 Å². The van der Waals surface area contributed by atoms with Gasteiger partial charge in [0.2, 0.25) is 0 Å². The van der Waals surface area contributed by atoms with Gasteiger partial charge in [0.25, 0.3) is 5.91 Å². The minimum absolute atomic E-state index is 0.0368.